The fourth-order valence-corrected chi connectivity index (χ4v) is 4.93. The van der Waals surface area contributed by atoms with Crippen LogP contribution in [-0.4, -0.2) is 5.11 Å². The van der Waals surface area contributed by atoms with Gasteiger partial charge in [0.2, 0.25) is 0 Å². The molecule has 0 fully saturated rings. The summed E-state index contributed by atoms with van der Waals surface area (Å²) in [5, 5.41) is 16.5. The van der Waals surface area contributed by atoms with E-state index in [0.29, 0.717) is 5.75 Å². The lowest BCUT2D eigenvalue weighted by molar-refractivity contribution is 0.480. The maximum absolute atomic E-state index is 12.0. The van der Waals surface area contributed by atoms with Crippen LogP contribution in [-0.2, 0) is 0 Å². The van der Waals surface area contributed by atoms with Gasteiger partial charge < -0.3 is 5.11 Å². The van der Waals surface area contributed by atoms with Crippen molar-refractivity contribution in [3.05, 3.63) is 127 Å². The van der Waals surface area contributed by atoms with E-state index >= 15 is 0 Å². The lowest BCUT2D eigenvalue weighted by atomic mass is 9.83. The van der Waals surface area contributed by atoms with Gasteiger partial charge in [-0.1, -0.05) is 127 Å². The Morgan fingerprint density at radius 3 is 1.52 bits per heavy atom. The van der Waals surface area contributed by atoms with Gasteiger partial charge in [0.15, 0.2) is 0 Å². The second-order valence-electron chi connectivity index (χ2n) is 8.28. The molecule has 0 heterocycles. The van der Waals surface area contributed by atoms with Crippen molar-refractivity contribution in [1.82, 2.24) is 0 Å². The summed E-state index contributed by atoms with van der Waals surface area (Å²) in [5.41, 5.74) is 5.93. The van der Waals surface area contributed by atoms with Crippen molar-refractivity contribution in [3.63, 3.8) is 0 Å². The summed E-state index contributed by atoms with van der Waals surface area (Å²) in [6.07, 6.45) is 0. The molecule has 0 aromatic heterocycles. The minimum atomic E-state index is 0.315. The summed E-state index contributed by atoms with van der Waals surface area (Å²) < 4.78 is 0. The number of fused-ring (bicyclic) bond motifs is 2. The highest BCUT2D eigenvalue weighted by molar-refractivity contribution is 6.16. The Balaban J connectivity index is 1.83. The standard InChI is InChI=1S/C32H22O/c33-32-30(24-15-5-2-6-16-24)29(23-13-3-1-4-14-23)27-19-9-10-20-28(27)31(32)26-21-11-17-22-12-7-8-18-25(22)26/h1-21,33H. The summed E-state index contributed by atoms with van der Waals surface area (Å²) >= 11 is 0. The fraction of sp³-hybridized carbons (Fsp3) is 0. The molecule has 0 radical (unpaired) electrons. The molecular weight excluding hydrogens is 400 g/mol. The molecule has 1 heteroatoms. The van der Waals surface area contributed by atoms with Gasteiger partial charge in [-0.3, -0.25) is 0 Å². The maximum atomic E-state index is 12.0. The van der Waals surface area contributed by atoms with E-state index in [4.69, 9.17) is 0 Å². The Bertz CT molecular complexity index is 1590. The van der Waals surface area contributed by atoms with E-state index in [-0.39, 0.29) is 0 Å². The first-order valence-corrected chi connectivity index (χ1v) is 11.2. The third kappa shape index (κ3) is 3.18. The molecule has 6 aromatic carbocycles. The molecule has 6 aromatic rings. The molecule has 0 amide bonds. The van der Waals surface area contributed by atoms with Crippen molar-refractivity contribution in [2.24, 2.45) is 0 Å². The van der Waals surface area contributed by atoms with Gasteiger partial charge in [-0.2, -0.15) is 0 Å². The monoisotopic (exact) mass is 422 g/mol. The van der Waals surface area contributed by atoms with Crippen LogP contribution >= 0.6 is 0 Å². The highest BCUT2D eigenvalue weighted by Gasteiger charge is 2.23. The van der Waals surface area contributed by atoms with E-state index in [0.717, 1.165) is 54.9 Å². The molecule has 0 atom stereocenters. The normalized spacial score (nSPS) is 11.2. The molecule has 0 aliphatic rings. The van der Waals surface area contributed by atoms with Gasteiger partial charge >= 0.3 is 0 Å². The predicted molar refractivity (Wildman–Crippen MR) is 139 cm³/mol. The number of phenolic OH excluding ortho intramolecular Hbond substituents is 1. The van der Waals surface area contributed by atoms with Crippen LogP contribution in [0.1, 0.15) is 0 Å². The van der Waals surface area contributed by atoms with E-state index in [9.17, 15) is 5.11 Å². The van der Waals surface area contributed by atoms with E-state index in [2.05, 4.69) is 97.1 Å². The van der Waals surface area contributed by atoms with Crippen LogP contribution in [0.25, 0.3) is 54.9 Å². The molecule has 0 saturated heterocycles. The zero-order chi connectivity index (χ0) is 22.2. The molecule has 0 saturated carbocycles. The van der Waals surface area contributed by atoms with Crippen molar-refractivity contribution in [3.8, 4) is 39.1 Å². The highest BCUT2D eigenvalue weighted by atomic mass is 16.3. The van der Waals surface area contributed by atoms with Crippen molar-refractivity contribution >= 4 is 21.5 Å². The number of rotatable bonds is 3. The highest BCUT2D eigenvalue weighted by Crippen LogP contribution is 2.51. The van der Waals surface area contributed by atoms with Gasteiger partial charge in [-0.05, 0) is 38.2 Å². The van der Waals surface area contributed by atoms with Crippen LogP contribution in [0, 0.1) is 0 Å². The van der Waals surface area contributed by atoms with Crippen molar-refractivity contribution in [1.29, 1.82) is 0 Å². The molecule has 0 unspecified atom stereocenters. The zero-order valence-corrected chi connectivity index (χ0v) is 18.1. The Morgan fingerprint density at radius 1 is 0.364 bits per heavy atom. The summed E-state index contributed by atoms with van der Waals surface area (Å²) in [6, 6.07) is 43.6. The van der Waals surface area contributed by atoms with Crippen LogP contribution in [0.15, 0.2) is 127 Å². The third-order valence-electron chi connectivity index (χ3n) is 6.37. The molecule has 6 rings (SSSR count). The lowest BCUT2D eigenvalue weighted by Gasteiger charge is -2.21. The van der Waals surface area contributed by atoms with Gasteiger partial charge in [-0.25, -0.2) is 0 Å². The van der Waals surface area contributed by atoms with Crippen LogP contribution in [0.5, 0.6) is 5.75 Å². The first-order chi connectivity index (χ1) is 16.3. The number of hydrogen-bond acceptors (Lipinski definition) is 1. The molecule has 1 N–H and O–H groups in total. The van der Waals surface area contributed by atoms with Crippen molar-refractivity contribution < 1.29 is 5.11 Å². The zero-order valence-electron chi connectivity index (χ0n) is 18.1. The Labute approximate surface area is 193 Å². The summed E-state index contributed by atoms with van der Waals surface area (Å²) in [7, 11) is 0. The Hall–Kier alpha value is -4.36. The molecule has 0 spiro atoms. The van der Waals surface area contributed by atoms with Gasteiger partial charge in [0.1, 0.15) is 5.75 Å². The van der Waals surface area contributed by atoms with Crippen LogP contribution < -0.4 is 0 Å². The molecule has 33 heavy (non-hydrogen) atoms. The second kappa shape index (κ2) is 7.96. The predicted octanol–water partition coefficient (Wildman–Crippen LogP) is 8.70. The average molecular weight is 423 g/mol. The van der Waals surface area contributed by atoms with E-state index in [1.165, 1.54) is 0 Å². The second-order valence-corrected chi connectivity index (χ2v) is 8.28. The van der Waals surface area contributed by atoms with Crippen molar-refractivity contribution in [2.75, 3.05) is 0 Å². The third-order valence-corrected chi connectivity index (χ3v) is 6.37. The largest absolute Gasteiger partial charge is 0.507 e. The molecule has 0 aliphatic heterocycles. The smallest absolute Gasteiger partial charge is 0.132 e. The topological polar surface area (TPSA) is 20.2 Å². The van der Waals surface area contributed by atoms with Gasteiger partial charge in [0.05, 0.1) is 0 Å². The molecule has 0 bridgehead atoms. The number of benzene rings is 6. The van der Waals surface area contributed by atoms with Gasteiger partial charge in [0.25, 0.3) is 0 Å². The summed E-state index contributed by atoms with van der Waals surface area (Å²) in [6.45, 7) is 0. The van der Waals surface area contributed by atoms with Crippen LogP contribution in [0.4, 0.5) is 0 Å². The molecule has 0 aliphatic carbocycles. The minimum absolute atomic E-state index is 0.315. The minimum Gasteiger partial charge on any atom is -0.507 e. The van der Waals surface area contributed by atoms with Crippen LogP contribution in [0.3, 0.4) is 0 Å². The van der Waals surface area contributed by atoms with E-state index in [1.807, 2.05) is 30.3 Å². The van der Waals surface area contributed by atoms with Crippen LogP contribution in [0.2, 0.25) is 0 Å². The Morgan fingerprint density at radius 2 is 0.848 bits per heavy atom. The fourth-order valence-electron chi connectivity index (χ4n) is 4.93. The summed E-state index contributed by atoms with van der Waals surface area (Å²) in [4.78, 5) is 0. The maximum Gasteiger partial charge on any atom is 0.132 e. The van der Waals surface area contributed by atoms with E-state index in [1.54, 1.807) is 0 Å². The number of hydrogen-bond donors (Lipinski definition) is 1. The average Bonchev–Trinajstić information content (AvgIpc) is 2.89. The van der Waals surface area contributed by atoms with Crippen molar-refractivity contribution in [2.45, 2.75) is 0 Å². The van der Waals surface area contributed by atoms with E-state index < -0.39 is 0 Å². The summed E-state index contributed by atoms with van der Waals surface area (Å²) in [5.74, 6) is 0.315. The number of aromatic hydroxyl groups is 1. The first kappa shape index (κ1) is 19.3. The lowest BCUT2D eigenvalue weighted by Crippen LogP contribution is -1.94. The quantitative estimate of drug-likeness (QED) is 0.302. The van der Waals surface area contributed by atoms with Gasteiger partial charge in [0, 0.05) is 16.7 Å². The SMILES string of the molecule is Oc1c(-c2ccccc2)c(-c2ccccc2)c2ccccc2c1-c1cccc2ccccc12. The molecular formula is C32H22O. The Kier molecular flexibility index (Phi) is 4.66. The number of phenols is 1. The first-order valence-electron chi connectivity index (χ1n) is 11.2. The van der Waals surface area contributed by atoms with Gasteiger partial charge in [-0.15, -0.1) is 0 Å². The molecule has 1 nitrogen and oxygen atoms in total. The molecule has 156 valence electrons.